The van der Waals surface area contributed by atoms with Gasteiger partial charge >= 0.3 is 0 Å². The molecular formula is C27H21FN6O2. The molecule has 1 aliphatic rings. The van der Waals surface area contributed by atoms with Gasteiger partial charge in [-0.3, -0.25) is 4.79 Å². The number of amides is 1. The number of ether oxygens (including phenoxy) is 1. The van der Waals surface area contributed by atoms with Gasteiger partial charge in [-0.05, 0) is 61.0 Å². The molecule has 1 aliphatic heterocycles. The van der Waals surface area contributed by atoms with Crippen molar-refractivity contribution in [3.05, 3.63) is 101 Å². The summed E-state index contributed by atoms with van der Waals surface area (Å²) in [5.41, 5.74) is 3.43. The molecule has 0 spiro atoms. The molecule has 36 heavy (non-hydrogen) atoms. The average molecular weight is 481 g/mol. The van der Waals surface area contributed by atoms with E-state index in [2.05, 4.69) is 26.8 Å². The van der Waals surface area contributed by atoms with Gasteiger partial charge in [0.05, 0.1) is 30.0 Å². The lowest BCUT2D eigenvalue weighted by Crippen LogP contribution is -2.31. The van der Waals surface area contributed by atoms with E-state index in [9.17, 15) is 14.4 Å². The van der Waals surface area contributed by atoms with Gasteiger partial charge in [0.15, 0.2) is 5.82 Å². The van der Waals surface area contributed by atoms with E-state index in [-0.39, 0.29) is 11.7 Å². The van der Waals surface area contributed by atoms with Crippen LogP contribution < -0.4 is 15.4 Å². The number of nitrogens with one attached hydrogen (secondary N) is 2. The number of methoxy groups -OCH3 is 1. The summed E-state index contributed by atoms with van der Waals surface area (Å²) in [6, 6.07) is 21.5. The lowest BCUT2D eigenvalue weighted by atomic mass is 9.94. The normalized spacial score (nSPS) is 14.4. The quantitative estimate of drug-likeness (QED) is 0.421. The molecule has 2 N–H and O–H groups in total. The number of fused-ring (bicyclic) bond motifs is 1. The van der Waals surface area contributed by atoms with E-state index in [1.165, 1.54) is 19.2 Å². The molecule has 1 unspecified atom stereocenters. The fourth-order valence-electron chi connectivity index (χ4n) is 4.15. The molecule has 4 aromatic rings. The highest BCUT2D eigenvalue weighted by Crippen LogP contribution is 2.37. The third kappa shape index (κ3) is 4.16. The fourth-order valence-corrected chi connectivity index (χ4v) is 4.15. The molecule has 0 saturated carbocycles. The first-order valence-electron chi connectivity index (χ1n) is 11.1. The Bertz CT molecular complexity index is 1520. The maximum Gasteiger partial charge on any atom is 0.255 e. The molecule has 0 bridgehead atoms. The van der Waals surface area contributed by atoms with Crippen LogP contribution in [0.25, 0.3) is 11.4 Å². The van der Waals surface area contributed by atoms with E-state index in [1.807, 2.05) is 6.07 Å². The van der Waals surface area contributed by atoms with E-state index in [1.54, 1.807) is 66.2 Å². The van der Waals surface area contributed by atoms with Gasteiger partial charge in [-0.15, -0.1) is 5.10 Å². The van der Waals surface area contributed by atoms with Gasteiger partial charge in [0.25, 0.3) is 5.91 Å². The summed E-state index contributed by atoms with van der Waals surface area (Å²) < 4.78 is 20.5. The van der Waals surface area contributed by atoms with Gasteiger partial charge in [0, 0.05) is 11.3 Å². The first-order valence-corrected chi connectivity index (χ1v) is 11.1. The number of halogens is 1. The zero-order valence-corrected chi connectivity index (χ0v) is 19.5. The van der Waals surface area contributed by atoms with Crippen LogP contribution in [-0.4, -0.2) is 27.8 Å². The summed E-state index contributed by atoms with van der Waals surface area (Å²) in [5.74, 6) is 0.653. The molecule has 1 amide bonds. The Balaban J connectivity index is 1.60. The van der Waals surface area contributed by atoms with Crippen molar-refractivity contribution in [3.8, 4) is 23.2 Å². The van der Waals surface area contributed by atoms with Crippen molar-refractivity contribution in [2.24, 2.45) is 0 Å². The number of rotatable bonds is 5. The Morgan fingerprint density at radius 3 is 2.53 bits per heavy atom. The maximum absolute atomic E-state index is 13.7. The van der Waals surface area contributed by atoms with Gasteiger partial charge in [0.2, 0.25) is 5.95 Å². The molecule has 5 rings (SSSR count). The van der Waals surface area contributed by atoms with Crippen LogP contribution in [0.15, 0.2) is 84.1 Å². The van der Waals surface area contributed by atoms with Crippen LogP contribution in [0.3, 0.4) is 0 Å². The molecule has 8 nitrogen and oxygen atoms in total. The minimum Gasteiger partial charge on any atom is -0.495 e. The second-order valence-electron chi connectivity index (χ2n) is 8.16. The lowest BCUT2D eigenvalue weighted by Gasteiger charge is -2.28. The number of anilines is 2. The summed E-state index contributed by atoms with van der Waals surface area (Å²) in [7, 11) is 1.54. The number of nitrogens with zero attached hydrogens (tertiary/aromatic N) is 4. The first kappa shape index (κ1) is 22.8. The molecule has 1 aromatic heterocycles. The molecule has 0 fully saturated rings. The molecule has 9 heteroatoms. The smallest absolute Gasteiger partial charge is 0.255 e. The summed E-state index contributed by atoms with van der Waals surface area (Å²) in [5, 5.41) is 20.0. The Labute approximate surface area is 206 Å². The Hall–Kier alpha value is -4.97. The van der Waals surface area contributed by atoms with Gasteiger partial charge in [-0.2, -0.15) is 10.2 Å². The van der Waals surface area contributed by atoms with E-state index < -0.39 is 6.04 Å². The summed E-state index contributed by atoms with van der Waals surface area (Å²) in [4.78, 5) is 18.3. The van der Waals surface area contributed by atoms with Crippen molar-refractivity contribution in [2.45, 2.75) is 13.0 Å². The lowest BCUT2D eigenvalue weighted by molar-refractivity contribution is -0.113. The first-order chi connectivity index (χ1) is 17.5. The highest BCUT2D eigenvalue weighted by molar-refractivity contribution is 6.06. The van der Waals surface area contributed by atoms with Gasteiger partial charge < -0.3 is 15.4 Å². The third-order valence-electron chi connectivity index (χ3n) is 5.91. The summed E-state index contributed by atoms with van der Waals surface area (Å²) in [6.45, 7) is 1.80. The minimum absolute atomic E-state index is 0.344. The van der Waals surface area contributed by atoms with Crippen LogP contribution in [-0.2, 0) is 4.79 Å². The minimum atomic E-state index is -0.634. The van der Waals surface area contributed by atoms with Gasteiger partial charge in [0.1, 0.15) is 17.6 Å². The van der Waals surface area contributed by atoms with Crippen LogP contribution in [0.4, 0.5) is 16.0 Å². The predicted molar refractivity (Wildman–Crippen MR) is 133 cm³/mol. The van der Waals surface area contributed by atoms with E-state index in [4.69, 9.17) is 4.74 Å². The monoisotopic (exact) mass is 480 g/mol. The zero-order valence-electron chi connectivity index (χ0n) is 19.5. The number of aromatic nitrogens is 3. The average Bonchev–Trinajstić information content (AvgIpc) is 3.32. The van der Waals surface area contributed by atoms with E-state index >= 15 is 0 Å². The van der Waals surface area contributed by atoms with Crippen molar-refractivity contribution in [1.82, 2.24) is 14.8 Å². The third-order valence-corrected chi connectivity index (χ3v) is 5.91. The van der Waals surface area contributed by atoms with Gasteiger partial charge in [-0.25, -0.2) is 9.07 Å². The van der Waals surface area contributed by atoms with Gasteiger partial charge in [-0.1, -0.05) is 24.3 Å². The Morgan fingerprint density at radius 1 is 1.11 bits per heavy atom. The van der Waals surface area contributed by atoms with Crippen LogP contribution in [0.5, 0.6) is 5.75 Å². The van der Waals surface area contributed by atoms with Crippen LogP contribution >= 0.6 is 0 Å². The number of hydrogen-bond acceptors (Lipinski definition) is 6. The fraction of sp³-hybridized carbons (Fsp3) is 0.111. The molecule has 3 aromatic carbocycles. The maximum atomic E-state index is 13.7. The standard InChI is InChI=1S/C27H21FN6O2/c1-16-23(26(35)31-21-5-3-4-6-22(21)36-2)24(18-9-7-17(15-29)8-10-18)34-27(30-16)32-25(33-34)19-11-13-20(28)14-12-19/h3-14,24H,1-2H3,(H,31,35)(H,30,32,33). The van der Waals surface area contributed by atoms with Crippen molar-refractivity contribution in [2.75, 3.05) is 17.7 Å². The van der Waals surface area contributed by atoms with Crippen molar-refractivity contribution < 1.29 is 13.9 Å². The SMILES string of the molecule is COc1ccccc1NC(=O)C1=C(C)Nc2nc(-c3ccc(F)cc3)nn2C1c1ccc(C#N)cc1. The number of hydrogen-bond donors (Lipinski definition) is 2. The molecule has 1 atom stereocenters. The van der Waals surface area contributed by atoms with Crippen molar-refractivity contribution >= 4 is 17.5 Å². The number of carbonyl (C=O) groups is 1. The number of nitriles is 1. The van der Waals surface area contributed by atoms with Crippen LogP contribution in [0.2, 0.25) is 0 Å². The Morgan fingerprint density at radius 2 is 1.83 bits per heavy atom. The van der Waals surface area contributed by atoms with Crippen LogP contribution in [0.1, 0.15) is 24.1 Å². The van der Waals surface area contributed by atoms with Crippen molar-refractivity contribution in [1.29, 1.82) is 5.26 Å². The second kappa shape index (κ2) is 9.35. The number of allylic oxidation sites excluding steroid dienone is 1. The molecule has 0 aliphatic carbocycles. The summed E-state index contributed by atoms with van der Waals surface area (Å²) in [6.07, 6.45) is 0. The van der Waals surface area contributed by atoms with E-state index in [0.29, 0.717) is 45.6 Å². The molecule has 0 radical (unpaired) electrons. The Kier molecular flexibility index (Phi) is 5.92. The zero-order chi connectivity index (χ0) is 25.2. The highest BCUT2D eigenvalue weighted by atomic mass is 19.1. The number of para-hydroxylation sites is 2. The predicted octanol–water partition coefficient (Wildman–Crippen LogP) is 4.89. The topological polar surface area (TPSA) is 105 Å². The van der Waals surface area contributed by atoms with Crippen LogP contribution in [0, 0.1) is 17.1 Å². The number of carbonyl (C=O) groups excluding carboxylic acids is 1. The largest absolute Gasteiger partial charge is 0.495 e. The highest BCUT2D eigenvalue weighted by Gasteiger charge is 2.34. The number of benzene rings is 3. The molecule has 0 saturated heterocycles. The summed E-state index contributed by atoms with van der Waals surface area (Å²) >= 11 is 0. The second-order valence-corrected chi connectivity index (χ2v) is 8.16. The molecular weight excluding hydrogens is 459 g/mol. The van der Waals surface area contributed by atoms with E-state index in [0.717, 1.165) is 5.56 Å². The molecule has 178 valence electrons. The van der Waals surface area contributed by atoms with Crippen molar-refractivity contribution in [3.63, 3.8) is 0 Å². The molecule has 2 heterocycles.